The zero-order chi connectivity index (χ0) is 17.7. The molecule has 1 aliphatic carbocycles. The van der Waals surface area contributed by atoms with Crippen molar-refractivity contribution in [1.29, 1.82) is 0 Å². The molecule has 0 spiro atoms. The van der Waals surface area contributed by atoms with E-state index < -0.39 is 0 Å². The highest BCUT2D eigenvalue weighted by Crippen LogP contribution is 2.36. The molecule has 0 aliphatic heterocycles. The van der Waals surface area contributed by atoms with Crippen LogP contribution in [0.4, 0.5) is 5.69 Å². The molecule has 1 unspecified atom stereocenters. The number of nitrogens with zero attached hydrogens (tertiary/aromatic N) is 2. The molecule has 132 valence electrons. The monoisotopic (exact) mass is 329 g/mol. The van der Waals surface area contributed by atoms with Gasteiger partial charge in [0.1, 0.15) is 0 Å². The molecule has 1 aliphatic rings. The predicted molar refractivity (Wildman–Crippen MR) is 102 cm³/mol. The van der Waals surface area contributed by atoms with E-state index in [1.54, 1.807) is 0 Å². The van der Waals surface area contributed by atoms with Crippen LogP contribution >= 0.6 is 0 Å². The summed E-state index contributed by atoms with van der Waals surface area (Å²) in [6.45, 7) is 13.0. The molecule has 1 saturated carbocycles. The molecule has 24 heavy (non-hydrogen) atoms. The van der Waals surface area contributed by atoms with Gasteiger partial charge in [-0.25, -0.2) is 5.43 Å². The van der Waals surface area contributed by atoms with Crippen molar-refractivity contribution in [2.24, 2.45) is 16.4 Å². The number of amides is 1. The third-order valence-electron chi connectivity index (χ3n) is 4.74. The first-order valence-electron chi connectivity index (χ1n) is 9.05. The summed E-state index contributed by atoms with van der Waals surface area (Å²) in [7, 11) is 0. The van der Waals surface area contributed by atoms with Crippen LogP contribution < -0.4 is 10.3 Å². The second kappa shape index (κ2) is 7.82. The first kappa shape index (κ1) is 18.5. The van der Waals surface area contributed by atoms with Crippen molar-refractivity contribution in [3.63, 3.8) is 0 Å². The number of hydrazone groups is 1. The van der Waals surface area contributed by atoms with Gasteiger partial charge in [0.05, 0.1) is 0 Å². The van der Waals surface area contributed by atoms with E-state index in [1.807, 2.05) is 24.3 Å². The zero-order valence-corrected chi connectivity index (χ0v) is 15.7. The third-order valence-corrected chi connectivity index (χ3v) is 4.74. The summed E-state index contributed by atoms with van der Waals surface area (Å²) >= 11 is 0. The number of carbonyl (C=O) groups is 1. The molecule has 1 aromatic carbocycles. The molecule has 0 radical (unpaired) electrons. The predicted octanol–water partition coefficient (Wildman–Crippen LogP) is 4.46. The molecule has 2 rings (SSSR count). The van der Waals surface area contributed by atoms with Crippen LogP contribution in [0.15, 0.2) is 29.4 Å². The van der Waals surface area contributed by atoms with Crippen molar-refractivity contribution in [2.45, 2.75) is 53.9 Å². The van der Waals surface area contributed by atoms with Gasteiger partial charge < -0.3 is 4.90 Å². The molecule has 0 bridgehead atoms. The van der Waals surface area contributed by atoms with E-state index in [4.69, 9.17) is 0 Å². The van der Waals surface area contributed by atoms with Crippen molar-refractivity contribution in [3.8, 4) is 0 Å². The average molecular weight is 329 g/mol. The topological polar surface area (TPSA) is 44.7 Å². The lowest BCUT2D eigenvalue weighted by Gasteiger charge is -2.34. The third kappa shape index (κ3) is 4.83. The number of benzene rings is 1. The highest BCUT2D eigenvalue weighted by molar-refractivity contribution is 5.96. The molecule has 1 atom stereocenters. The Kier molecular flexibility index (Phi) is 6.03. The van der Waals surface area contributed by atoms with Gasteiger partial charge in [-0.2, -0.15) is 5.10 Å². The van der Waals surface area contributed by atoms with Gasteiger partial charge in [-0.1, -0.05) is 20.8 Å². The Balaban J connectivity index is 2.01. The molecule has 1 N–H and O–H groups in total. The van der Waals surface area contributed by atoms with Crippen LogP contribution in [0, 0.1) is 11.3 Å². The highest BCUT2D eigenvalue weighted by atomic mass is 16.2. The first-order chi connectivity index (χ1) is 11.3. The maximum atomic E-state index is 12.3. The minimum Gasteiger partial charge on any atom is -0.372 e. The zero-order valence-electron chi connectivity index (χ0n) is 15.7. The molecule has 4 heteroatoms. The summed E-state index contributed by atoms with van der Waals surface area (Å²) in [5.74, 6) is 0.488. The van der Waals surface area contributed by atoms with Crippen LogP contribution in [-0.4, -0.2) is 24.7 Å². The molecule has 0 heterocycles. The number of hydrogen-bond acceptors (Lipinski definition) is 3. The van der Waals surface area contributed by atoms with Gasteiger partial charge in [-0.3, -0.25) is 4.79 Å². The molecule has 4 nitrogen and oxygen atoms in total. The number of rotatable bonds is 5. The summed E-state index contributed by atoms with van der Waals surface area (Å²) in [5, 5.41) is 4.40. The molecule has 1 amide bonds. The molecule has 0 saturated heterocycles. The first-order valence-corrected chi connectivity index (χ1v) is 9.05. The standard InChI is InChI=1S/C20H31N3O/c1-6-23(7-2)18-10-8-16(9-11-18)19(24)22-21-17-12-15(3)13-20(4,5)14-17/h8-11,15H,6-7,12-14H2,1-5H3,(H,22,24). The van der Waals surface area contributed by atoms with Crippen molar-refractivity contribution in [3.05, 3.63) is 29.8 Å². The lowest BCUT2D eigenvalue weighted by atomic mass is 9.72. The molecular formula is C20H31N3O. The SMILES string of the molecule is CCN(CC)c1ccc(C(=O)NN=C2CC(C)CC(C)(C)C2)cc1. The largest absolute Gasteiger partial charge is 0.372 e. The van der Waals surface area contributed by atoms with E-state index in [-0.39, 0.29) is 11.3 Å². The Morgan fingerprint density at radius 3 is 2.42 bits per heavy atom. The highest BCUT2D eigenvalue weighted by Gasteiger charge is 2.29. The van der Waals surface area contributed by atoms with Gasteiger partial charge >= 0.3 is 0 Å². The van der Waals surface area contributed by atoms with Crippen molar-refractivity contribution < 1.29 is 4.79 Å². The molecule has 1 fully saturated rings. The minimum atomic E-state index is -0.135. The molecular weight excluding hydrogens is 298 g/mol. The summed E-state index contributed by atoms with van der Waals surface area (Å²) in [5.41, 5.74) is 5.91. The van der Waals surface area contributed by atoms with E-state index in [0.29, 0.717) is 11.5 Å². The van der Waals surface area contributed by atoms with Gasteiger partial charge in [-0.05, 0) is 68.7 Å². The Morgan fingerprint density at radius 1 is 1.25 bits per heavy atom. The Hall–Kier alpha value is -1.84. The number of hydrogen-bond donors (Lipinski definition) is 1. The number of carbonyl (C=O) groups excluding carboxylic acids is 1. The smallest absolute Gasteiger partial charge is 0.271 e. The maximum Gasteiger partial charge on any atom is 0.271 e. The van der Waals surface area contributed by atoms with E-state index in [2.05, 4.69) is 50.0 Å². The van der Waals surface area contributed by atoms with Crippen LogP contribution in [0.25, 0.3) is 0 Å². The summed E-state index contributed by atoms with van der Waals surface area (Å²) in [6, 6.07) is 7.74. The van der Waals surface area contributed by atoms with Crippen molar-refractivity contribution >= 4 is 17.3 Å². The van der Waals surface area contributed by atoms with Crippen LogP contribution in [-0.2, 0) is 0 Å². The summed E-state index contributed by atoms with van der Waals surface area (Å²) in [6.07, 6.45) is 3.15. The van der Waals surface area contributed by atoms with Crippen LogP contribution in [0.5, 0.6) is 0 Å². The van der Waals surface area contributed by atoms with Crippen molar-refractivity contribution in [1.82, 2.24) is 5.43 Å². The quantitative estimate of drug-likeness (QED) is 0.810. The van der Waals surface area contributed by atoms with E-state index in [1.165, 1.54) is 6.42 Å². The van der Waals surface area contributed by atoms with Crippen LogP contribution in [0.2, 0.25) is 0 Å². The van der Waals surface area contributed by atoms with Crippen LogP contribution in [0.3, 0.4) is 0 Å². The van der Waals surface area contributed by atoms with Crippen LogP contribution in [0.1, 0.15) is 64.2 Å². The summed E-state index contributed by atoms with van der Waals surface area (Å²) < 4.78 is 0. The van der Waals surface area contributed by atoms with Gasteiger partial charge in [0, 0.05) is 30.1 Å². The lowest BCUT2D eigenvalue weighted by Crippen LogP contribution is -2.30. The minimum absolute atomic E-state index is 0.135. The van der Waals surface area contributed by atoms with E-state index >= 15 is 0 Å². The van der Waals surface area contributed by atoms with E-state index in [9.17, 15) is 4.79 Å². The van der Waals surface area contributed by atoms with Gasteiger partial charge in [0.2, 0.25) is 0 Å². The average Bonchev–Trinajstić information content (AvgIpc) is 2.52. The van der Waals surface area contributed by atoms with E-state index in [0.717, 1.165) is 37.3 Å². The fourth-order valence-corrected chi connectivity index (χ4v) is 3.81. The van der Waals surface area contributed by atoms with Gasteiger partial charge in [0.15, 0.2) is 0 Å². The lowest BCUT2D eigenvalue weighted by molar-refractivity contribution is 0.0954. The Bertz CT molecular complexity index is 585. The fourth-order valence-electron chi connectivity index (χ4n) is 3.81. The molecule has 0 aromatic heterocycles. The number of nitrogens with one attached hydrogen (secondary N) is 1. The Morgan fingerprint density at radius 2 is 1.88 bits per heavy atom. The van der Waals surface area contributed by atoms with Crippen molar-refractivity contribution in [2.75, 3.05) is 18.0 Å². The maximum absolute atomic E-state index is 12.3. The second-order valence-electron chi connectivity index (χ2n) is 7.69. The molecule has 1 aromatic rings. The normalized spacial score (nSPS) is 21.5. The van der Waals surface area contributed by atoms with Gasteiger partial charge in [0.25, 0.3) is 5.91 Å². The second-order valence-corrected chi connectivity index (χ2v) is 7.69. The Labute approximate surface area is 146 Å². The fraction of sp³-hybridized carbons (Fsp3) is 0.600. The van der Waals surface area contributed by atoms with Gasteiger partial charge in [-0.15, -0.1) is 0 Å². The summed E-state index contributed by atoms with van der Waals surface area (Å²) in [4.78, 5) is 14.6. The number of anilines is 1.